The third-order valence-corrected chi connectivity index (χ3v) is 4.70. The summed E-state index contributed by atoms with van der Waals surface area (Å²) in [5.41, 5.74) is 2.34. The Bertz CT molecular complexity index is 785. The van der Waals surface area contributed by atoms with E-state index >= 15 is 0 Å². The van der Waals surface area contributed by atoms with Crippen LogP contribution in [-0.2, 0) is 10.0 Å². The topological polar surface area (TPSA) is 88.2 Å². The van der Waals surface area contributed by atoms with E-state index in [0.29, 0.717) is 23.5 Å². The van der Waals surface area contributed by atoms with Gasteiger partial charge < -0.3 is 5.32 Å². The molecule has 24 heavy (non-hydrogen) atoms. The number of benzene rings is 1. The smallest absolute Gasteiger partial charge is 0.274 e. The Balaban J connectivity index is 1.99. The van der Waals surface area contributed by atoms with Gasteiger partial charge >= 0.3 is 0 Å². The minimum absolute atomic E-state index is 0.0983. The van der Waals surface area contributed by atoms with Crippen LogP contribution in [0.25, 0.3) is 0 Å². The second kappa shape index (κ2) is 7.92. The average molecular weight is 347 g/mol. The van der Waals surface area contributed by atoms with Crippen LogP contribution < -0.4 is 10.0 Å². The molecule has 1 heterocycles. The summed E-state index contributed by atoms with van der Waals surface area (Å²) in [5.74, 6) is -0.215. The predicted octanol–water partition coefficient (Wildman–Crippen LogP) is 3.18. The Labute approximate surface area is 142 Å². The summed E-state index contributed by atoms with van der Waals surface area (Å²) < 4.78 is 26.2. The Hall–Kier alpha value is -2.41. The minimum atomic E-state index is -3.33. The zero-order valence-electron chi connectivity index (χ0n) is 13.7. The maximum absolute atomic E-state index is 12.1. The van der Waals surface area contributed by atoms with Crippen molar-refractivity contribution in [2.24, 2.45) is 0 Å². The molecule has 2 rings (SSSR count). The van der Waals surface area contributed by atoms with Crippen molar-refractivity contribution in [1.29, 1.82) is 0 Å². The number of carbonyl (C=O) groups excluding carboxylic acids is 1. The zero-order valence-corrected chi connectivity index (χ0v) is 14.6. The number of nitrogens with zero attached hydrogens (tertiary/aromatic N) is 1. The summed E-state index contributed by atoms with van der Waals surface area (Å²) in [7, 11) is -3.33. The maximum atomic E-state index is 12.1. The molecule has 0 atom stereocenters. The molecule has 128 valence electrons. The molecule has 6 nitrogen and oxygen atoms in total. The van der Waals surface area contributed by atoms with Crippen LogP contribution in [0.5, 0.6) is 0 Å². The molecule has 0 saturated carbocycles. The molecule has 0 saturated heterocycles. The fourth-order valence-corrected chi connectivity index (χ4v) is 3.25. The van der Waals surface area contributed by atoms with Gasteiger partial charge in [-0.25, -0.2) is 8.42 Å². The van der Waals surface area contributed by atoms with Gasteiger partial charge in [0.15, 0.2) is 0 Å². The lowest BCUT2D eigenvalue weighted by Crippen LogP contribution is -2.16. The third kappa shape index (κ3) is 5.34. The van der Waals surface area contributed by atoms with E-state index in [-0.39, 0.29) is 11.7 Å². The van der Waals surface area contributed by atoms with Gasteiger partial charge in [-0.1, -0.05) is 19.4 Å². The van der Waals surface area contributed by atoms with Crippen LogP contribution in [0, 0.1) is 6.92 Å². The molecule has 0 unspecified atom stereocenters. The van der Waals surface area contributed by atoms with E-state index in [4.69, 9.17) is 0 Å². The molecule has 0 aliphatic rings. The van der Waals surface area contributed by atoms with Crippen molar-refractivity contribution in [3.8, 4) is 0 Å². The number of unbranched alkanes of at least 4 members (excludes halogenated alkanes) is 1. The number of pyridine rings is 1. The fourth-order valence-electron chi connectivity index (χ4n) is 1.98. The summed E-state index contributed by atoms with van der Waals surface area (Å²) in [4.78, 5) is 16.1. The molecule has 0 spiro atoms. The third-order valence-electron chi connectivity index (χ3n) is 3.33. The second-order valence-electron chi connectivity index (χ2n) is 5.53. The molecule has 0 radical (unpaired) electrons. The summed E-state index contributed by atoms with van der Waals surface area (Å²) in [6.45, 7) is 3.84. The normalized spacial score (nSPS) is 11.1. The van der Waals surface area contributed by atoms with Gasteiger partial charge in [0.1, 0.15) is 5.69 Å². The standard InChI is InChI=1S/C17H21N3O3S/c1-3-4-11-24(22,23)20-15-8-6-14(7-9-15)19-17(21)16-10-5-13(2)12-18-16/h5-10,12,20H,3-4,11H2,1-2H3,(H,19,21). The fraction of sp³-hybridized carbons (Fsp3) is 0.294. The number of amides is 1. The molecular formula is C17H21N3O3S. The lowest BCUT2D eigenvalue weighted by atomic mass is 10.2. The highest BCUT2D eigenvalue weighted by Crippen LogP contribution is 2.16. The molecule has 2 aromatic rings. The van der Waals surface area contributed by atoms with Crippen molar-refractivity contribution < 1.29 is 13.2 Å². The first kappa shape index (κ1) is 17.9. The van der Waals surface area contributed by atoms with Crippen LogP contribution in [0.2, 0.25) is 0 Å². The first-order valence-electron chi connectivity index (χ1n) is 7.74. The first-order chi connectivity index (χ1) is 11.4. The molecule has 7 heteroatoms. The van der Waals surface area contributed by atoms with Gasteiger partial charge in [-0.15, -0.1) is 0 Å². The van der Waals surface area contributed by atoms with E-state index in [1.165, 1.54) is 0 Å². The van der Waals surface area contributed by atoms with E-state index in [1.807, 2.05) is 19.9 Å². The van der Waals surface area contributed by atoms with E-state index in [0.717, 1.165) is 12.0 Å². The highest BCUT2D eigenvalue weighted by molar-refractivity contribution is 7.92. The Morgan fingerprint density at radius 3 is 2.33 bits per heavy atom. The largest absolute Gasteiger partial charge is 0.321 e. The number of nitrogens with one attached hydrogen (secondary N) is 2. The van der Waals surface area contributed by atoms with Gasteiger partial charge in [0.05, 0.1) is 5.75 Å². The van der Waals surface area contributed by atoms with Gasteiger partial charge in [0.25, 0.3) is 5.91 Å². The Morgan fingerprint density at radius 1 is 1.08 bits per heavy atom. The van der Waals surface area contributed by atoms with Gasteiger partial charge in [-0.05, 0) is 49.2 Å². The van der Waals surface area contributed by atoms with Crippen molar-refractivity contribution in [3.63, 3.8) is 0 Å². The molecule has 0 aliphatic heterocycles. The van der Waals surface area contributed by atoms with Crippen LogP contribution in [0.3, 0.4) is 0 Å². The number of aromatic nitrogens is 1. The van der Waals surface area contributed by atoms with Crippen molar-refractivity contribution in [3.05, 3.63) is 53.9 Å². The SMILES string of the molecule is CCCCS(=O)(=O)Nc1ccc(NC(=O)c2ccc(C)cn2)cc1. The van der Waals surface area contributed by atoms with E-state index in [9.17, 15) is 13.2 Å². The van der Waals surface area contributed by atoms with E-state index < -0.39 is 10.0 Å². The van der Waals surface area contributed by atoms with E-state index in [1.54, 1.807) is 36.5 Å². The molecule has 2 N–H and O–H groups in total. The monoisotopic (exact) mass is 347 g/mol. The highest BCUT2D eigenvalue weighted by Gasteiger charge is 2.10. The lowest BCUT2D eigenvalue weighted by molar-refractivity contribution is 0.102. The Morgan fingerprint density at radius 2 is 1.75 bits per heavy atom. The predicted molar refractivity (Wildman–Crippen MR) is 95.7 cm³/mol. The van der Waals surface area contributed by atoms with Crippen LogP contribution in [0.4, 0.5) is 11.4 Å². The quantitative estimate of drug-likeness (QED) is 0.805. The van der Waals surface area contributed by atoms with Gasteiger partial charge in [0, 0.05) is 17.6 Å². The van der Waals surface area contributed by atoms with Crippen molar-refractivity contribution in [2.45, 2.75) is 26.7 Å². The molecular weight excluding hydrogens is 326 g/mol. The van der Waals surface area contributed by atoms with E-state index in [2.05, 4.69) is 15.0 Å². The molecule has 0 fully saturated rings. The first-order valence-corrected chi connectivity index (χ1v) is 9.39. The van der Waals surface area contributed by atoms with Crippen LogP contribution in [0.15, 0.2) is 42.6 Å². The number of hydrogen-bond donors (Lipinski definition) is 2. The highest BCUT2D eigenvalue weighted by atomic mass is 32.2. The number of aryl methyl sites for hydroxylation is 1. The molecule has 0 aliphatic carbocycles. The van der Waals surface area contributed by atoms with Crippen molar-refractivity contribution in [2.75, 3.05) is 15.8 Å². The van der Waals surface area contributed by atoms with Crippen molar-refractivity contribution in [1.82, 2.24) is 4.98 Å². The molecule has 1 amide bonds. The summed E-state index contributed by atoms with van der Waals surface area (Å²) in [6, 6.07) is 9.98. The number of rotatable bonds is 7. The number of anilines is 2. The van der Waals surface area contributed by atoms with Crippen molar-refractivity contribution >= 4 is 27.3 Å². The lowest BCUT2D eigenvalue weighted by Gasteiger charge is -2.09. The average Bonchev–Trinajstić information content (AvgIpc) is 2.55. The number of hydrogen-bond acceptors (Lipinski definition) is 4. The number of sulfonamides is 1. The van der Waals surface area contributed by atoms with Gasteiger partial charge in [0.2, 0.25) is 10.0 Å². The minimum Gasteiger partial charge on any atom is -0.321 e. The van der Waals surface area contributed by atoms with Gasteiger partial charge in [-0.2, -0.15) is 0 Å². The van der Waals surface area contributed by atoms with Gasteiger partial charge in [-0.3, -0.25) is 14.5 Å². The zero-order chi connectivity index (χ0) is 17.6. The molecule has 1 aromatic carbocycles. The molecule has 0 bridgehead atoms. The Kier molecular flexibility index (Phi) is 5.92. The second-order valence-corrected chi connectivity index (χ2v) is 7.37. The maximum Gasteiger partial charge on any atom is 0.274 e. The molecule has 1 aromatic heterocycles. The van der Waals surface area contributed by atoms with Crippen LogP contribution >= 0.6 is 0 Å². The van der Waals surface area contributed by atoms with Crippen LogP contribution in [-0.4, -0.2) is 25.1 Å². The summed E-state index contributed by atoms with van der Waals surface area (Å²) >= 11 is 0. The number of carbonyl (C=O) groups is 1. The summed E-state index contributed by atoms with van der Waals surface area (Å²) in [5, 5.41) is 2.72. The summed E-state index contributed by atoms with van der Waals surface area (Å²) in [6.07, 6.45) is 3.06. The van der Waals surface area contributed by atoms with Crippen LogP contribution in [0.1, 0.15) is 35.8 Å².